The van der Waals surface area contributed by atoms with Crippen molar-refractivity contribution in [3.8, 4) is 0 Å². The summed E-state index contributed by atoms with van der Waals surface area (Å²) in [7, 11) is 0. The number of halogens is 1. The zero-order valence-electron chi connectivity index (χ0n) is 8.41. The molecule has 1 N–H and O–H groups in total. The molecular weight excluding hydrogens is 170 g/mol. The highest BCUT2D eigenvalue weighted by Crippen LogP contribution is 2.10. The average molecular weight is 192 g/mol. The zero-order chi connectivity index (χ0) is 8.10. The van der Waals surface area contributed by atoms with Crippen LogP contribution in [0.1, 0.15) is 39.5 Å². The summed E-state index contributed by atoms with van der Waals surface area (Å²) in [5.41, 5.74) is 0. The number of rotatable bonds is 3. The molecule has 1 aliphatic rings. The summed E-state index contributed by atoms with van der Waals surface area (Å²) in [5.74, 6) is 1.03. The molecule has 1 aliphatic heterocycles. The van der Waals surface area contributed by atoms with Crippen molar-refractivity contribution in [2.75, 3.05) is 19.6 Å². The van der Waals surface area contributed by atoms with Gasteiger partial charge in [-0.3, -0.25) is 0 Å². The van der Waals surface area contributed by atoms with Crippen LogP contribution in [0.5, 0.6) is 0 Å². The molecule has 0 aromatic carbocycles. The second kappa shape index (κ2) is 6.73. The number of nitrogens with one attached hydrogen (secondary N) is 1. The third-order valence-corrected chi connectivity index (χ3v) is 2.90. The second-order valence-corrected chi connectivity index (χ2v) is 3.87. The minimum Gasteiger partial charge on any atom is -1.00 e. The Bertz CT molecular complexity index is 104. The van der Waals surface area contributed by atoms with Gasteiger partial charge < -0.3 is 17.3 Å². The van der Waals surface area contributed by atoms with Crippen LogP contribution in [0.4, 0.5) is 0 Å². The molecule has 0 saturated carbocycles. The van der Waals surface area contributed by atoms with Crippen LogP contribution >= 0.6 is 0 Å². The molecule has 2 heteroatoms. The van der Waals surface area contributed by atoms with Gasteiger partial charge in [0.1, 0.15) is 0 Å². The Hall–Kier alpha value is 0.250. The Balaban J connectivity index is 0.00000121. The SMILES string of the molecule is CCC[NH+]1CCCC(CC)C1.[Cl-]. The topological polar surface area (TPSA) is 4.44 Å². The van der Waals surface area contributed by atoms with Crippen LogP contribution in [0.15, 0.2) is 0 Å². The van der Waals surface area contributed by atoms with Crippen LogP contribution < -0.4 is 17.3 Å². The molecule has 12 heavy (non-hydrogen) atoms. The monoisotopic (exact) mass is 191 g/mol. The molecule has 1 saturated heterocycles. The van der Waals surface area contributed by atoms with E-state index in [0.717, 1.165) is 5.92 Å². The molecule has 1 nitrogen and oxygen atoms in total. The molecule has 0 radical (unpaired) electrons. The van der Waals surface area contributed by atoms with E-state index in [1.54, 1.807) is 0 Å². The van der Waals surface area contributed by atoms with Gasteiger partial charge in [0, 0.05) is 5.92 Å². The van der Waals surface area contributed by atoms with Gasteiger partial charge in [-0.1, -0.05) is 13.8 Å². The summed E-state index contributed by atoms with van der Waals surface area (Å²) in [6.45, 7) is 8.91. The highest BCUT2D eigenvalue weighted by molar-refractivity contribution is 4.59. The molecule has 0 aromatic rings. The van der Waals surface area contributed by atoms with E-state index in [0.29, 0.717) is 0 Å². The molecule has 2 atom stereocenters. The normalized spacial score (nSPS) is 29.5. The molecule has 0 spiro atoms. The van der Waals surface area contributed by atoms with E-state index in [1.807, 2.05) is 4.90 Å². The van der Waals surface area contributed by atoms with Crippen molar-refractivity contribution in [2.45, 2.75) is 39.5 Å². The second-order valence-electron chi connectivity index (χ2n) is 3.87. The van der Waals surface area contributed by atoms with Crippen molar-refractivity contribution in [3.63, 3.8) is 0 Å². The van der Waals surface area contributed by atoms with E-state index < -0.39 is 0 Å². The van der Waals surface area contributed by atoms with E-state index >= 15 is 0 Å². The number of hydrogen-bond acceptors (Lipinski definition) is 0. The van der Waals surface area contributed by atoms with Gasteiger partial charge >= 0.3 is 0 Å². The number of hydrogen-bond donors (Lipinski definition) is 1. The molecule has 0 aromatic heterocycles. The van der Waals surface area contributed by atoms with Crippen LogP contribution in [0.2, 0.25) is 0 Å². The lowest BCUT2D eigenvalue weighted by Crippen LogP contribution is -3.13. The maximum absolute atomic E-state index is 2.33. The third kappa shape index (κ3) is 3.77. The Kier molecular flexibility index (Phi) is 6.87. The minimum atomic E-state index is 0. The van der Waals surface area contributed by atoms with Gasteiger partial charge in [-0.25, -0.2) is 0 Å². The van der Waals surface area contributed by atoms with Gasteiger partial charge in [-0.2, -0.15) is 0 Å². The standard InChI is InChI=1S/C10H21N.ClH/c1-3-7-11-8-5-6-10(4-2)9-11;/h10H,3-9H2,1-2H3;1H. The average Bonchev–Trinajstić information content (AvgIpc) is 2.06. The van der Waals surface area contributed by atoms with Crippen LogP contribution in [0.25, 0.3) is 0 Å². The molecule has 0 aliphatic carbocycles. The fraction of sp³-hybridized carbons (Fsp3) is 1.00. The zero-order valence-corrected chi connectivity index (χ0v) is 9.16. The number of piperidine rings is 1. The minimum absolute atomic E-state index is 0. The first-order valence-electron chi connectivity index (χ1n) is 5.20. The van der Waals surface area contributed by atoms with Gasteiger partial charge in [-0.05, 0) is 25.7 Å². The molecule has 2 unspecified atom stereocenters. The van der Waals surface area contributed by atoms with E-state index in [1.165, 1.54) is 45.3 Å². The van der Waals surface area contributed by atoms with Crippen molar-refractivity contribution in [1.82, 2.24) is 0 Å². The third-order valence-electron chi connectivity index (χ3n) is 2.90. The number of likely N-dealkylation sites (tertiary alicyclic amines) is 1. The lowest BCUT2D eigenvalue weighted by molar-refractivity contribution is -0.908. The van der Waals surface area contributed by atoms with Crippen molar-refractivity contribution < 1.29 is 17.3 Å². The Labute approximate surface area is 82.9 Å². The Morgan fingerprint density at radius 1 is 1.33 bits per heavy atom. The van der Waals surface area contributed by atoms with Crippen LogP contribution in [0.3, 0.4) is 0 Å². The van der Waals surface area contributed by atoms with Crippen molar-refractivity contribution in [1.29, 1.82) is 0 Å². The van der Waals surface area contributed by atoms with Gasteiger partial charge in [0.15, 0.2) is 0 Å². The van der Waals surface area contributed by atoms with E-state index in [4.69, 9.17) is 0 Å². The van der Waals surface area contributed by atoms with E-state index in [-0.39, 0.29) is 12.4 Å². The van der Waals surface area contributed by atoms with Crippen LogP contribution in [-0.4, -0.2) is 19.6 Å². The largest absolute Gasteiger partial charge is 1.00 e. The molecule has 0 bridgehead atoms. The first-order valence-corrected chi connectivity index (χ1v) is 5.20. The van der Waals surface area contributed by atoms with Gasteiger partial charge in [0.25, 0.3) is 0 Å². The Morgan fingerprint density at radius 2 is 2.08 bits per heavy atom. The quantitative estimate of drug-likeness (QED) is 0.532. The van der Waals surface area contributed by atoms with E-state index in [9.17, 15) is 0 Å². The molecule has 1 heterocycles. The highest BCUT2D eigenvalue weighted by Gasteiger charge is 2.20. The summed E-state index contributed by atoms with van der Waals surface area (Å²) < 4.78 is 0. The van der Waals surface area contributed by atoms with Crippen molar-refractivity contribution in [2.24, 2.45) is 5.92 Å². The van der Waals surface area contributed by atoms with Crippen LogP contribution in [-0.2, 0) is 0 Å². The Morgan fingerprint density at radius 3 is 2.67 bits per heavy atom. The van der Waals surface area contributed by atoms with Crippen molar-refractivity contribution in [3.05, 3.63) is 0 Å². The first kappa shape index (κ1) is 12.2. The lowest BCUT2D eigenvalue weighted by atomic mass is 9.96. The summed E-state index contributed by atoms with van der Waals surface area (Å²) in [6, 6.07) is 0. The fourth-order valence-electron chi connectivity index (χ4n) is 2.18. The fourth-order valence-corrected chi connectivity index (χ4v) is 2.18. The highest BCUT2D eigenvalue weighted by atomic mass is 35.5. The first-order chi connectivity index (χ1) is 5.36. The summed E-state index contributed by atoms with van der Waals surface area (Å²) in [5, 5.41) is 0. The maximum Gasteiger partial charge on any atom is 0.0799 e. The molecule has 1 fully saturated rings. The maximum atomic E-state index is 2.33. The molecular formula is C10H22ClN. The molecule has 0 amide bonds. The van der Waals surface area contributed by atoms with Gasteiger partial charge in [0.05, 0.1) is 19.6 Å². The molecule has 74 valence electrons. The predicted molar refractivity (Wildman–Crippen MR) is 48.9 cm³/mol. The molecule has 1 rings (SSSR count). The van der Waals surface area contributed by atoms with Gasteiger partial charge in [-0.15, -0.1) is 0 Å². The summed E-state index contributed by atoms with van der Waals surface area (Å²) >= 11 is 0. The van der Waals surface area contributed by atoms with E-state index in [2.05, 4.69) is 13.8 Å². The summed E-state index contributed by atoms with van der Waals surface area (Å²) in [6.07, 6.45) is 5.70. The smallest absolute Gasteiger partial charge is 0.0799 e. The van der Waals surface area contributed by atoms with Crippen molar-refractivity contribution >= 4 is 0 Å². The lowest BCUT2D eigenvalue weighted by Gasteiger charge is -2.28. The summed E-state index contributed by atoms with van der Waals surface area (Å²) in [4.78, 5) is 1.85. The van der Waals surface area contributed by atoms with Crippen LogP contribution in [0, 0.1) is 5.92 Å². The van der Waals surface area contributed by atoms with Gasteiger partial charge in [0.2, 0.25) is 0 Å². The number of quaternary nitrogens is 1. The predicted octanol–water partition coefficient (Wildman–Crippen LogP) is -1.89.